The van der Waals surface area contributed by atoms with Crippen molar-refractivity contribution in [2.45, 2.75) is 0 Å². The molecule has 7 nitrogen and oxygen atoms in total. The van der Waals surface area contributed by atoms with Crippen LogP contribution in [0.25, 0.3) is 55.8 Å². The van der Waals surface area contributed by atoms with Crippen molar-refractivity contribution >= 4 is 44.1 Å². The molecule has 0 spiro atoms. The lowest BCUT2D eigenvalue weighted by atomic mass is 10.3. The fraction of sp³-hybridized carbons (Fsp3) is 0. The minimum absolute atomic E-state index is 0.585. The van der Waals surface area contributed by atoms with Crippen molar-refractivity contribution < 1.29 is 0 Å². The fourth-order valence-electron chi connectivity index (χ4n) is 4.44. The second-order valence-electron chi connectivity index (χ2n) is 7.52. The summed E-state index contributed by atoms with van der Waals surface area (Å²) in [7, 11) is 0. The molecule has 150 valence electrons. The van der Waals surface area contributed by atoms with E-state index >= 15 is 0 Å². The molecule has 0 saturated carbocycles. The number of hydrogen-bond donors (Lipinski definition) is 0. The highest BCUT2D eigenvalue weighted by molar-refractivity contribution is 6.13. The van der Waals surface area contributed by atoms with Gasteiger partial charge in [-0.15, -0.1) is 0 Å². The average Bonchev–Trinajstić information content (AvgIpc) is 3.36. The van der Waals surface area contributed by atoms with E-state index in [4.69, 9.17) is 4.98 Å². The number of fused-ring (bicyclic) bond motifs is 6. The van der Waals surface area contributed by atoms with E-state index in [2.05, 4.69) is 48.8 Å². The molecule has 0 N–H and O–H groups in total. The van der Waals surface area contributed by atoms with Crippen LogP contribution in [-0.4, -0.2) is 34.1 Å². The molecule has 7 rings (SSSR count). The Hall–Kier alpha value is -4.65. The number of hydrogen-bond acceptors (Lipinski definition) is 5. The van der Waals surface area contributed by atoms with Gasteiger partial charge in [0.2, 0.25) is 5.95 Å². The summed E-state index contributed by atoms with van der Waals surface area (Å²) in [5.74, 6) is 0.585. The van der Waals surface area contributed by atoms with Crippen molar-refractivity contribution in [1.82, 2.24) is 34.1 Å². The lowest BCUT2D eigenvalue weighted by Gasteiger charge is -2.08. The van der Waals surface area contributed by atoms with E-state index in [1.807, 2.05) is 53.2 Å². The molecule has 0 atom stereocenters. The van der Waals surface area contributed by atoms with E-state index < -0.39 is 0 Å². The van der Waals surface area contributed by atoms with Crippen LogP contribution < -0.4 is 0 Å². The van der Waals surface area contributed by atoms with Crippen LogP contribution in [-0.2, 0) is 0 Å². The van der Waals surface area contributed by atoms with Crippen LogP contribution in [0.1, 0.15) is 0 Å². The van der Waals surface area contributed by atoms with Gasteiger partial charge in [0, 0.05) is 30.5 Å². The Morgan fingerprint density at radius 2 is 1.06 bits per heavy atom. The lowest BCUT2D eigenvalue weighted by molar-refractivity contribution is 0.987. The number of aromatic nitrogens is 7. The van der Waals surface area contributed by atoms with E-state index in [1.165, 1.54) is 0 Å². The Kier molecular flexibility index (Phi) is 3.43. The predicted octanol–water partition coefficient (Wildman–Crippen LogP) is 4.86. The van der Waals surface area contributed by atoms with Crippen LogP contribution in [0.5, 0.6) is 0 Å². The van der Waals surface area contributed by atoms with Crippen LogP contribution in [0.4, 0.5) is 0 Å². The highest BCUT2D eigenvalue weighted by Gasteiger charge is 2.21. The first kappa shape index (κ1) is 17.1. The Morgan fingerprint density at radius 1 is 0.469 bits per heavy atom. The lowest BCUT2D eigenvalue weighted by Crippen LogP contribution is -2.00. The molecule has 6 heterocycles. The third kappa shape index (κ3) is 2.27. The van der Waals surface area contributed by atoms with Crippen LogP contribution in [0, 0.1) is 0 Å². The SMILES string of the molecule is c1ccc(-n2c3cccnc3c3nc4c5ncccc5n(-c5ncccn5)c4cc32)cc1. The molecule has 7 aromatic rings. The van der Waals surface area contributed by atoms with Gasteiger partial charge in [-0.05, 0) is 48.5 Å². The van der Waals surface area contributed by atoms with Gasteiger partial charge in [-0.2, -0.15) is 0 Å². The summed E-state index contributed by atoms with van der Waals surface area (Å²) in [6.07, 6.45) is 7.08. The van der Waals surface area contributed by atoms with Crippen molar-refractivity contribution in [3.8, 4) is 11.6 Å². The predicted molar refractivity (Wildman–Crippen MR) is 124 cm³/mol. The smallest absolute Gasteiger partial charge is 0.234 e. The third-order valence-electron chi connectivity index (χ3n) is 5.73. The first-order valence-corrected chi connectivity index (χ1v) is 10.3. The van der Waals surface area contributed by atoms with Crippen molar-refractivity contribution in [1.29, 1.82) is 0 Å². The van der Waals surface area contributed by atoms with Crippen molar-refractivity contribution in [2.75, 3.05) is 0 Å². The van der Waals surface area contributed by atoms with Crippen LogP contribution in [0.15, 0.2) is 91.5 Å². The maximum atomic E-state index is 5.10. The molecule has 0 radical (unpaired) electrons. The fourth-order valence-corrected chi connectivity index (χ4v) is 4.44. The minimum atomic E-state index is 0.585. The largest absolute Gasteiger partial charge is 0.306 e. The molecule has 0 aliphatic rings. The maximum Gasteiger partial charge on any atom is 0.234 e. The van der Waals surface area contributed by atoms with Gasteiger partial charge in [0.05, 0.1) is 22.1 Å². The molecule has 0 aliphatic heterocycles. The molecule has 0 amide bonds. The van der Waals surface area contributed by atoms with Gasteiger partial charge in [0.25, 0.3) is 0 Å². The number of para-hydroxylation sites is 1. The third-order valence-corrected chi connectivity index (χ3v) is 5.73. The van der Waals surface area contributed by atoms with Gasteiger partial charge in [0.15, 0.2) is 0 Å². The molecule has 0 aliphatic carbocycles. The zero-order valence-corrected chi connectivity index (χ0v) is 16.8. The van der Waals surface area contributed by atoms with Gasteiger partial charge in [-0.1, -0.05) is 18.2 Å². The number of benzene rings is 1. The van der Waals surface area contributed by atoms with E-state index in [0.29, 0.717) is 5.95 Å². The Labute approximate surface area is 181 Å². The number of nitrogens with zero attached hydrogens (tertiary/aromatic N) is 7. The Balaban J connectivity index is 1.71. The molecule has 32 heavy (non-hydrogen) atoms. The standard InChI is InChI=1S/C25H15N7/c1-2-7-16(8-3-1)31-17-9-4-11-26-21(17)23-19(31)15-20-24(30-23)22-18(10-5-12-27-22)32(20)25-28-13-6-14-29-25/h1-15H. The highest BCUT2D eigenvalue weighted by atomic mass is 15.2. The second-order valence-corrected chi connectivity index (χ2v) is 7.52. The molecule has 1 aromatic carbocycles. The van der Waals surface area contributed by atoms with Crippen LogP contribution in [0.3, 0.4) is 0 Å². The monoisotopic (exact) mass is 413 g/mol. The highest BCUT2D eigenvalue weighted by Crippen LogP contribution is 2.35. The molecule has 0 bridgehead atoms. The van der Waals surface area contributed by atoms with Crippen molar-refractivity contribution in [3.63, 3.8) is 0 Å². The van der Waals surface area contributed by atoms with E-state index in [1.54, 1.807) is 18.6 Å². The van der Waals surface area contributed by atoms with E-state index in [9.17, 15) is 0 Å². The first-order chi connectivity index (χ1) is 15.9. The molecular weight excluding hydrogens is 398 g/mol. The van der Waals surface area contributed by atoms with Crippen LogP contribution in [0.2, 0.25) is 0 Å². The van der Waals surface area contributed by atoms with E-state index in [0.717, 1.165) is 49.8 Å². The molecule has 0 fully saturated rings. The second kappa shape index (κ2) is 6.42. The topological polar surface area (TPSA) is 74.3 Å². The van der Waals surface area contributed by atoms with Crippen molar-refractivity contribution in [3.05, 3.63) is 91.5 Å². The number of rotatable bonds is 2. The Bertz CT molecular complexity index is 1640. The summed E-state index contributed by atoms with van der Waals surface area (Å²) in [6.45, 7) is 0. The van der Waals surface area contributed by atoms with Crippen molar-refractivity contribution in [2.24, 2.45) is 0 Å². The summed E-state index contributed by atoms with van der Waals surface area (Å²) in [4.78, 5) is 23.4. The molecule has 7 heteroatoms. The van der Waals surface area contributed by atoms with Gasteiger partial charge in [0.1, 0.15) is 22.1 Å². The zero-order valence-electron chi connectivity index (χ0n) is 16.8. The minimum Gasteiger partial charge on any atom is -0.306 e. The number of pyridine rings is 3. The summed E-state index contributed by atoms with van der Waals surface area (Å²) in [6, 6.07) is 22.2. The summed E-state index contributed by atoms with van der Waals surface area (Å²) < 4.78 is 4.22. The normalized spacial score (nSPS) is 11.8. The quantitative estimate of drug-likeness (QED) is 0.405. The first-order valence-electron chi connectivity index (χ1n) is 10.3. The molecule has 0 saturated heterocycles. The molecular formula is C25H15N7. The van der Waals surface area contributed by atoms with Gasteiger partial charge < -0.3 is 4.57 Å². The zero-order chi connectivity index (χ0) is 21.1. The van der Waals surface area contributed by atoms with Gasteiger partial charge in [-0.25, -0.2) is 15.0 Å². The van der Waals surface area contributed by atoms with Gasteiger partial charge >= 0.3 is 0 Å². The molecule has 6 aromatic heterocycles. The Morgan fingerprint density at radius 3 is 1.75 bits per heavy atom. The maximum absolute atomic E-state index is 5.10. The van der Waals surface area contributed by atoms with E-state index in [-0.39, 0.29) is 0 Å². The van der Waals surface area contributed by atoms with Gasteiger partial charge in [-0.3, -0.25) is 14.5 Å². The molecule has 0 unspecified atom stereocenters. The summed E-state index contributed by atoms with van der Waals surface area (Å²) in [5.41, 5.74) is 8.17. The summed E-state index contributed by atoms with van der Waals surface area (Å²) in [5, 5.41) is 0. The summed E-state index contributed by atoms with van der Waals surface area (Å²) >= 11 is 0. The average molecular weight is 413 g/mol. The van der Waals surface area contributed by atoms with Crippen LogP contribution >= 0.6 is 0 Å².